The van der Waals surface area contributed by atoms with E-state index in [4.69, 9.17) is 9.26 Å². The number of nitrogens with one attached hydrogen (secondary N) is 1. The van der Waals surface area contributed by atoms with Gasteiger partial charge in [0.2, 0.25) is 5.91 Å². The molecule has 32 heavy (non-hydrogen) atoms. The van der Waals surface area contributed by atoms with E-state index in [1.54, 1.807) is 19.1 Å². The normalized spacial score (nSPS) is 17.5. The van der Waals surface area contributed by atoms with Crippen LogP contribution in [0.3, 0.4) is 0 Å². The fraction of sp³-hybridized carbons (Fsp3) is 0.476. The van der Waals surface area contributed by atoms with Crippen molar-refractivity contribution in [2.75, 3.05) is 29.6 Å². The summed E-state index contributed by atoms with van der Waals surface area (Å²) in [4.78, 5) is 24.1. The zero-order valence-electron chi connectivity index (χ0n) is 17.5. The number of halogens is 1. The summed E-state index contributed by atoms with van der Waals surface area (Å²) in [5.74, 6) is -0.482. The summed E-state index contributed by atoms with van der Waals surface area (Å²) in [7, 11) is -3.46. The number of carbonyl (C=O) groups excluding carboxylic acids is 2. The molecule has 1 N–H and O–H groups in total. The molecule has 4 rings (SSSR count). The smallest absolute Gasteiger partial charge is 0.330 e. The highest BCUT2D eigenvalue weighted by Gasteiger charge is 2.30. The predicted molar refractivity (Wildman–Crippen MR) is 113 cm³/mol. The van der Waals surface area contributed by atoms with Gasteiger partial charge in [0.05, 0.1) is 18.1 Å². The molecule has 11 heteroatoms. The number of ether oxygens (including phenoxy) is 1. The molecular weight excluding hydrogens is 441 g/mol. The van der Waals surface area contributed by atoms with Crippen molar-refractivity contribution in [3.05, 3.63) is 41.4 Å². The van der Waals surface area contributed by atoms with Crippen LogP contribution >= 0.6 is 0 Å². The minimum Gasteiger partial charge on any atom is -0.490 e. The Morgan fingerprint density at radius 1 is 1.31 bits per heavy atom. The third-order valence-corrected chi connectivity index (χ3v) is 7.31. The molecule has 3 amide bonds. The minimum atomic E-state index is -3.46. The van der Waals surface area contributed by atoms with E-state index < -0.39 is 27.6 Å². The first kappa shape index (κ1) is 22.3. The Balaban J connectivity index is 1.33. The second kappa shape index (κ2) is 8.89. The van der Waals surface area contributed by atoms with Crippen molar-refractivity contribution in [1.82, 2.24) is 10.5 Å². The molecule has 172 valence electrons. The van der Waals surface area contributed by atoms with Crippen LogP contribution in [0.5, 0.6) is 5.75 Å². The van der Waals surface area contributed by atoms with Crippen LogP contribution in [0.4, 0.5) is 15.0 Å². The number of carbonyl (C=O) groups is 2. The Kier molecular flexibility index (Phi) is 6.18. The molecule has 1 aliphatic carbocycles. The highest BCUT2D eigenvalue weighted by Crippen LogP contribution is 2.31. The van der Waals surface area contributed by atoms with Gasteiger partial charge in [-0.3, -0.25) is 15.0 Å². The van der Waals surface area contributed by atoms with Crippen molar-refractivity contribution >= 4 is 27.6 Å². The summed E-state index contributed by atoms with van der Waals surface area (Å²) in [6.07, 6.45) is 2.25. The summed E-state index contributed by atoms with van der Waals surface area (Å²) >= 11 is 0. The number of urea groups is 1. The van der Waals surface area contributed by atoms with Gasteiger partial charge in [0, 0.05) is 12.5 Å². The van der Waals surface area contributed by atoms with Gasteiger partial charge in [0.15, 0.2) is 27.2 Å². The third-order valence-electron chi connectivity index (χ3n) is 5.48. The predicted octanol–water partition coefficient (Wildman–Crippen LogP) is 2.42. The van der Waals surface area contributed by atoms with E-state index in [0.29, 0.717) is 23.8 Å². The quantitative estimate of drug-likeness (QED) is 0.535. The van der Waals surface area contributed by atoms with Crippen molar-refractivity contribution in [2.24, 2.45) is 5.92 Å². The van der Waals surface area contributed by atoms with Gasteiger partial charge >= 0.3 is 6.03 Å². The van der Waals surface area contributed by atoms with Crippen LogP contribution in [0.25, 0.3) is 0 Å². The number of aromatic nitrogens is 1. The van der Waals surface area contributed by atoms with E-state index in [9.17, 15) is 22.4 Å². The molecule has 0 spiro atoms. The van der Waals surface area contributed by atoms with Gasteiger partial charge in [0.1, 0.15) is 12.3 Å². The third kappa shape index (κ3) is 5.45. The highest BCUT2D eigenvalue weighted by atomic mass is 32.2. The fourth-order valence-electron chi connectivity index (χ4n) is 3.42. The minimum absolute atomic E-state index is 0.0740. The molecule has 1 aromatic carbocycles. The van der Waals surface area contributed by atoms with E-state index in [0.717, 1.165) is 17.7 Å². The Bertz CT molecular complexity index is 1130. The van der Waals surface area contributed by atoms with E-state index in [-0.39, 0.29) is 42.0 Å². The molecule has 2 heterocycles. The average Bonchev–Trinajstić information content (AvgIpc) is 3.33. The molecule has 2 fully saturated rings. The molecule has 1 saturated heterocycles. The lowest BCUT2D eigenvalue weighted by Crippen LogP contribution is -2.28. The molecule has 2 aromatic rings. The first-order chi connectivity index (χ1) is 15.2. The van der Waals surface area contributed by atoms with Crippen LogP contribution < -0.4 is 15.0 Å². The summed E-state index contributed by atoms with van der Waals surface area (Å²) in [5, 5.41) is 5.87. The van der Waals surface area contributed by atoms with Gasteiger partial charge < -0.3 is 9.26 Å². The van der Waals surface area contributed by atoms with Crippen LogP contribution in [-0.2, 0) is 21.1 Å². The highest BCUT2D eigenvalue weighted by molar-refractivity contribution is 7.91. The standard InChI is InChI=1S/C21H24FN3O6S/c1-13(15-4-5-17(22)18(8-15)30-11-14-2-3-14)12-32(28,29)7-6-16-9-19(24-31-16)25-10-20(26)23-21(25)27/h4-5,8-9,13-14H,2-3,6-7,10-12H2,1H3,(H,23,26,27)/t13-/m0/s1. The first-order valence-electron chi connectivity index (χ1n) is 10.4. The van der Waals surface area contributed by atoms with Crippen molar-refractivity contribution in [3.63, 3.8) is 0 Å². The largest absolute Gasteiger partial charge is 0.490 e. The van der Waals surface area contributed by atoms with Gasteiger partial charge in [-0.25, -0.2) is 17.6 Å². The summed E-state index contributed by atoms with van der Waals surface area (Å²) in [5.41, 5.74) is 0.687. The van der Waals surface area contributed by atoms with Crippen molar-refractivity contribution < 1.29 is 31.7 Å². The van der Waals surface area contributed by atoms with Crippen LogP contribution in [0.2, 0.25) is 0 Å². The average molecular weight is 466 g/mol. The Morgan fingerprint density at radius 2 is 2.09 bits per heavy atom. The van der Waals surface area contributed by atoms with Gasteiger partial charge in [-0.2, -0.15) is 0 Å². The molecule has 0 radical (unpaired) electrons. The maximum absolute atomic E-state index is 14.0. The fourth-order valence-corrected chi connectivity index (χ4v) is 5.05. The van der Waals surface area contributed by atoms with Crippen LogP contribution in [0.1, 0.15) is 37.0 Å². The number of hydrogen-bond donors (Lipinski definition) is 1. The first-order valence-corrected chi connectivity index (χ1v) is 12.2. The lowest BCUT2D eigenvalue weighted by atomic mass is 10.0. The number of aryl methyl sites for hydroxylation is 1. The number of hydrogen-bond acceptors (Lipinski definition) is 7. The van der Waals surface area contributed by atoms with Crippen molar-refractivity contribution in [2.45, 2.75) is 32.1 Å². The van der Waals surface area contributed by atoms with E-state index >= 15 is 0 Å². The SMILES string of the molecule is C[C@@H](CS(=O)(=O)CCc1cc(N2CC(=O)NC2=O)no1)c1ccc(F)c(OCC2CC2)c1. The van der Waals surface area contributed by atoms with E-state index in [2.05, 4.69) is 10.5 Å². The lowest BCUT2D eigenvalue weighted by molar-refractivity contribution is -0.117. The molecule has 2 aliphatic rings. The monoisotopic (exact) mass is 465 g/mol. The van der Waals surface area contributed by atoms with Crippen LogP contribution in [0.15, 0.2) is 28.8 Å². The summed E-state index contributed by atoms with van der Waals surface area (Å²) < 4.78 is 49.9. The maximum Gasteiger partial charge on any atom is 0.330 e. The molecule has 1 aromatic heterocycles. The van der Waals surface area contributed by atoms with E-state index in [1.165, 1.54) is 12.1 Å². The second-order valence-electron chi connectivity index (χ2n) is 8.30. The van der Waals surface area contributed by atoms with Crippen molar-refractivity contribution in [3.8, 4) is 5.75 Å². The summed E-state index contributed by atoms with van der Waals surface area (Å²) in [6.45, 7) is 2.08. The molecule has 1 saturated carbocycles. The zero-order valence-corrected chi connectivity index (χ0v) is 18.4. The number of imide groups is 1. The van der Waals surface area contributed by atoms with Crippen LogP contribution in [0, 0.1) is 11.7 Å². The zero-order chi connectivity index (χ0) is 22.9. The Morgan fingerprint density at radius 3 is 2.78 bits per heavy atom. The molecule has 1 aliphatic heterocycles. The van der Waals surface area contributed by atoms with Gasteiger partial charge in [0.25, 0.3) is 0 Å². The number of rotatable bonds is 10. The number of anilines is 1. The molecule has 0 bridgehead atoms. The molecule has 9 nitrogen and oxygen atoms in total. The molecular formula is C21H24FN3O6S. The lowest BCUT2D eigenvalue weighted by Gasteiger charge is -2.14. The van der Waals surface area contributed by atoms with Gasteiger partial charge in [-0.15, -0.1) is 0 Å². The summed E-state index contributed by atoms with van der Waals surface area (Å²) in [6, 6.07) is 5.29. The number of amides is 3. The Labute approximate surface area is 184 Å². The number of nitrogens with zero attached hydrogens (tertiary/aromatic N) is 2. The molecule has 1 atom stereocenters. The van der Waals surface area contributed by atoms with Crippen molar-refractivity contribution in [1.29, 1.82) is 0 Å². The topological polar surface area (TPSA) is 119 Å². The van der Waals surface area contributed by atoms with E-state index in [1.807, 2.05) is 0 Å². The Hall–Kier alpha value is -2.95. The second-order valence-corrected chi connectivity index (χ2v) is 10.5. The van der Waals surface area contributed by atoms with Crippen LogP contribution in [-0.4, -0.2) is 50.2 Å². The molecule has 0 unspecified atom stereocenters. The number of sulfone groups is 1. The van der Waals surface area contributed by atoms with Gasteiger partial charge in [-0.1, -0.05) is 18.1 Å². The number of benzene rings is 1. The maximum atomic E-state index is 14.0. The van der Waals surface area contributed by atoms with Gasteiger partial charge in [-0.05, 0) is 42.4 Å².